The van der Waals surface area contributed by atoms with Crippen LogP contribution in [0.3, 0.4) is 0 Å². The average molecular weight is 326 g/mol. The fourth-order valence-electron chi connectivity index (χ4n) is 4.16. The van der Waals surface area contributed by atoms with E-state index in [9.17, 15) is 4.79 Å². The van der Waals surface area contributed by atoms with Crippen LogP contribution >= 0.6 is 0 Å². The van der Waals surface area contributed by atoms with E-state index in [1.807, 2.05) is 12.1 Å². The summed E-state index contributed by atoms with van der Waals surface area (Å²) in [7, 11) is 0. The van der Waals surface area contributed by atoms with Crippen LogP contribution < -0.4 is 4.74 Å². The normalized spacial score (nSPS) is 23.3. The van der Waals surface area contributed by atoms with Crippen LogP contribution in [0.25, 0.3) is 6.08 Å². The SMILES string of the molecule is CCCCCOc1ccc(C=C2CCC(C3CCCC3)C2=O)cc1. The molecule has 2 aliphatic carbocycles. The van der Waals surface area contributed by atoms with Gasteiger partial charge in [0, 0.05) is 5.92 Å². The molecule has 2 nitrogen and oxygen atoms in total. The average Bonchev–Trinajstić information content (AvgIpc) is 3.24. The van der Waals surface area contributed by atoms with Crippen LogP contribution in [0.2, 0.25) is 0 Å². The third-order valence-corrected chi connectivity index (χ3v) is 5.58. The molecule has 0 amide bonds. The molecule has 0 aliphatic heterocycles. The summed E-state index contributed by atoms with van der Waals surface area (Å²) in [6, 6.07) is 8.18. The minimum absolute atomic E-state index is 0.305. The highest BCUT2D eigenvalue weighted by Gasteiger charge is 2.36. The van der Waals surface area contributed by atoms with Crippen molar-refractivity contribution in [2.24, 2.45) is 11.8 Å². The van der Waals surface area contributed by atoms with E-state index < -0.39 is 0 Å². The summed E-state index contributed by atoms with van der Waals surface area (Å²) in [4.78, 5) is 12.7. The van der Waals surface area contributed by atoms with Gasteiger partial charge in [0.25, 0.3) is 0 Å². The molecular weight excluding hydrogens is 296 g/mol. The number of unbranched alkanes of at least 4 members (excludes halogenated alkanes) is 2. The Kier molecular flexibility index (Phi) is 6.12. The smallest absolute Gasteiger partial charge is 0.162 e. The number of ketones is 1. The van der Waals surface area contributed by atoms with Crippen LogP contribution in [0.4, 0.5) is 0 Å². The minimum Gasteiger partial charge on any atom is -0.494 e. The maximum absolute atomic E-state index is 12.7. The zero-order chi connectivity index (χ0) is 16.8. The van der Waals surface area contributed by atoms with Crippen molar-refractivity contribution in [3.8, 4) is 5.75 Å². The van der Waals surface area contributed by atoms with Gasteiger partial charge in [0.1, 0.15) is 5.75 Å². The highest BCUT2D eigenvalue weighted by molar-refractivity contribution is 6.03. The molecule has 0 N–H and O–H groups in total. The molecule has 3 rings (SSSR count). The van der Waals surface area contributed by atoms with E-state index >= 15 is 0 Å². The number of allylic oxidation sites excluding steroid dienone is 1. The number of ether oxygens (including phenoxy) is 1. The lowest BCUT2D eigenvalue weighted by molar-refractivity contribution is -0.119. The summed E-state index contributed by atoms with van der Waals surface area (Å²) in [5.74, 6) is 2.30. The zero-order valence-electron chi connectivity index (χ0n) is 14.9. The van der Waals surface area contributed by atoms with Crippen LogP contribution in [0.5, 0.6) is 5.75 Å². The molecule has 0 heterocycles. The van der Waals surface area contributed by atoms with Crippen molar-refractivity contribution >= 4 is 11.9 Å². The third kappa shape index (κ3) is 4.28. The fraction of sp³-hybridized carbons (Fsp3) is 0.591. The highest BCUT2D eigenvalue weighted by Crippen LogP contribution is 2.40. The number of benzene rings is 1. The van der Waals surface area contributed by atoms with Gasteiger partial charge in [-0.1, -0.05) is 44.7 Å². The molecule has 2 aliphatic rings. The Morgan fingerprint density at radius 2 is 1.83 bits per heavy atom. The van der Waals surface area contributed by atoms with E-state index in [4.69, 9.17) is 4.74 Å². The molecule has 2 fully saturated rings. The van der Waals surface area contributed by atoms with Gasteiger partial charge < -0.3 is 4.74 Å². The van der Waals surface area contributed by atoms with Crippen molar-refractivity contribution in [3.05, 3.63) is 35.4 Å². The van der Waals surface area contributed by atoms with Crippen molar-refractivity contribution in [2.45, 2.75) is 64.7 Å². The van der Waals surface area contributed by atoms with Gasteiger partial charge in [-0.25, -0.2) is 0 Å². The van der Waals surface area contributed by atoms with Crippen LogP contribution in [0.15, 0.2) is 29.8 Å². The van der Waals surface area contributed by atoms with E-state index in [1.165, 1.54) is 38.5 Å². The standard InChI is InChI=1S/C22H30O2/c1-2-3-6-15-24-20-12-9-17(10-13-20)16-19-11-14-21(22(19)23)18-7-4-5-8-18/h9-10,12-13,16,18,21H,2-8,11,14-15H2,1H3. The lowest BCUT2D eigenvalue weighted by Gasteiger charge is -2.15. The highest BCUT2D eigenvalue weighted by atomic mass is 16.5. The van der Waals surface area contributed by atoms with E-state index in [2.05, 4.69) is 25.1 Å². The molecule has 1 unspecified atom stereocenters. The molecule has 1 aromatic carbocycles. The Bertz CT molecular complexity index is 564. The number of hydrogen-bond acceptors (Lipinski definition) is 2. The Balaban J connectivity index is 1.56. The predicted molar refractivity (Wildman–Crippen MR) is 99.1 cm³/mol. The summed E-state index contributed by atoms with van der Waals surface area (Å²) in [5, 5.41) is 0. The maximum atomic E-state index is 12.7. The van der Waals surface area contributed by atoms with Gasteiger partial charge in [0.2, 0.25) is 0 Å². The van der Waals surface area contributed by atoms with Crippen LogP contribution in [0.1, 0.15) is 70.3 Å². The molecule has 2 saturated carbocycles. The second-order valence-corrected chi connectivity index (χ2v) is 7.35. The molecule has 0 aromatic heterocycles. The van der Waals surface area contributed by atoms with Crippen molar-refractivity contribution < 1.29 is 9.53 Å². The number of Topliss-reactive ketones (excluding diaryl/α,β-unsaturated/α-hetero) is 1. The molecule has 0 saturated heterocycles. The number of rotatable bonds is 7. The summed E-state index contributed by atoms with van der Waals surface area (Å²) in [5.41, 5.74) is 2.15. The van der Waals surface area contributed by atoms with Crippen LogP contribution in [-0.2, 0) is 4.79 Å². The first kappa shape index (κ1) is 17.3. The molecule has 0 radical (unpaired) electrons. The summed E-state index contributed by atoms with van der Waals surface area (Å²) in [6.45, 7) is 2.99. The molecule has 24 heavy (non-hydrogen) atoms. The lowest BCUT2D eigenvalue weighted by Crippen LogP contribution is -2.16. The van der Waals surface area contributed by atoms with Crippen LogP contribution in [0, 0.1) is 11.8 Å². The van der Waals surface area contributed by atoms with Gasteiger partial charge in [-0.15, -0.1) is 0 Å². The van der Waals surface area contributed by atoms with Crippen molar-refractivity contribution in [3.63, 3.8) is 0 Å². The molecule has 0 spiro atoms. The third-order valence-electron chi connectivity index (χ3n) is 5.58. The second kappa shape index (κ2) is 8.50. The largest absolute Gasteiger partial charge is 0.494 e. The van der Waals surface area contributed by atoms with E-state index in [-0.39, 0.29) is 0 Å². The fourth-order valence-corrected chi connectivity index (χ4v) is 4.16. The minimum atomic E-state index is 0.305. The Morgan fingerprint density at radius 3 is 2.54 bits per heavy atom. The Hall–Kier alpha value is -1.57. The molecule has 130 valence electrons. The van der Waals surface area contributed by atoms with Gasteiger partial charge in [-0.05, 0) is 67.4 Å². The maximum Gasteiger partial charge on any atom is 0.162 e. The Morgan fingerprint density at radius 1 is 1.08 bits per heavy atom. The van der Waals surface area contributed by atoms with Gasteiger partial charge in [0.05, 0.1) is 6.61 Å². The number of carbonyl (C=O) groups is 1. The van der Waals surface area contributed by atoms with Gasteiger partial charge >= 0.3 is 0 Å². The monoisotopic (exact) mass is 326 g/mol. The first-order valence-electron chi connectivity index (χ1n) is 9.75. The molecule has 1 atom stereocenters. The molecule has 1 aromatic rings. The van der Waals surface area contributed by atoms with Crippen molar-refractivity contribution in [1.82, 2.24) is 0 Å². The lowest BCUT2D eigenvalue weighted by atomic mass is 9.88. The topological polar surface area (TPSA) is 26.3 Å². The Labute approximate surface area is 146 Å². The summed E-state index contributed by atoms with van der Waals surface area (Å²) < 4.78 is 5.75. The predicted octanol–water partition coefficient (Wildman–Crippen LogP) is 5.81. The molecular formula is C22H30O2. The van der Waals surface area contributed by atoms with E-state index in [0.717, 1.165) is 42.8 Å². The van der Waals surface area contributed by atoms with Crippen molar-refractivity contribution in [2.75, 3.05) is 6.61 Å². The van der Waals surface area contributed by atoms with Crippen LogP contribution in [-0.4, -0.2) is 12.4 Å². The second-order valence-electron chi connectivity index (χ2n) is 7.35. The molecule has 2 heteroatoms. The quantitative estimate of drug-likeness (QED) is 0.467. The first-order valence-corrected chi connectivity index (χ1v) is 9.75. The van der Waals surface area contributed by atoms with Gasteiger partial charge in [-0.2, -0.15) is 0 Å². The molecule has 0 bridgehead atoms. The van der Waals surface area contributed by atoms with Gasteiger partial charge in [-0.3, -0.25) is 4.79 Å². The first-order chi connectivity index (χ1) is 11.8. The van der Waals surface area contributed by atoms with Gasteiger partial charge in [0.15, 0.2) is 5.78 Å². The number of carbonyl (C=O) groups excluding carboxylic acids is 1. The van der Waals surface area contributed by atoms with Crippen molar-refractivity contribution in [1.29, 1.82) is 0 Å². The summed E-state index contributed by atoms with van der Waals surface area (Å²) in [6.07, 6.45) is 12.8. The zero-order valence-corrected chi connectivity index (χ0v) is 14.9. The van der Waals surface area contributed by atoms with E-state index in [1.54, 1.807) is 0 Å². The number of hydrogen-bond donors (Lipinski definition) is 0. The summed E-state index contributed by atoms with van der Waals surface area (Å²) >= 11 is 0. The van der Waals surface area contributed by atoms with E-state index in [0.29, 0.717) is 17.6 Å².